The van der Waals surface area contributed by atoms with E-state index in [2.05, 4.69) is 10.3 Å². The lowest BCUT2D eigenvalue weighted by Crippen LogP contribution is -2.39. The Hall–Kier alpha value is -2.36. The topological polar surface area (TPSA) is 51.2 Å². The van der Waals surface area contributed by atoms with Gasteiger partial charge < -0.3 is 10.1 Å². The zero-order valence-electron chi connectivity index (χ0n) is 12.6. The summed E-state index contributed by atoms with van der Waals surface area (Å²) in [6.45, 7) is 4.30. The predicted octanol–water partition coefficient (Wildman–Crippen LogP) is 2.68. The van der Waals surface area contributed by atoms with E-state index in [1.165, 1.54) is 0 Å². The number of hydrogen-bond acceptors (Lipinski definition) is 3. The number of nitrogens with one attached hydrogen (secondary N) is 1. The van der Waals surface area contributed by atoms with E-state index < -0.39 is 5.41 Å². The molecule has 0 aliphatic heterocycles. The van der Waals surface area contributed by atoms with E-state index in [0.717, 1.165) is 16.9 Å². The molecular formula is C17H20N2O2. The number of carbonyl (C=O) groups is 1. The lowest BCUT2D eigenvalue weighted by atomic mass is 9.83. The van der Waals surface area contributed by atoms with Crippen LogP contribution in [0.25, 0.3) is 0 Å². The molecule has 0 spiro atoms. The van der Waals surface area contributed by atoms with Crippen LogP contribution in [0, 0.1) is 0 Å². The molecule has 110 valence electrons. The van der Waals surface area contributed by atoms with Gasteiger partial charge in [-0.2, -0.15) is 0 Å². The highest BCUT2D eigenvalue weighted by molar-refractivity contribution is 5.87. The van der Waals surface area contributed by atoms with Gasteiger partial charge in [-0.25, -0.2) is 0 Å². The summed E-state index contributed by atoms with van der Waals surface area (Å²) >= 11 is 0. The number of methoxy groups -OCH3 is 1. The van der Waals surface area contributed by atoms with Gasteiger partial charge in [0.1, 0.15) is 5.75 Å². The normalized spacial score (nSPS) is 11.0. The zero-order valence-corrected chi connectivity index (χ0v) is 12.6. The number of pyridine rings is 1. The van der Waals surface area contributed by atoms with Crippen LogP contribution in [0.4, 0.5) is 0 Å². The smallest absolute Gasteiger partial charge is 0.230 e. The third-order valence-corrected chi connectivity index (χ3v) is 3.56. The van der Waals surface area contributed by atoms with Crippen LogP contribution in [0.3, 0.4) is 0 Å². The lowest BCUT2D eigenvalue weighted by molar-refractivity contribution is -0.125. The van der Waals surface area contributed by atoms with E-state index in [-0.39, 0.29) is 5.91 Å². The number of hydrogen-bond donors (Lipinski definition) is 1. The van der Waals surface area contributed by atoms with Gasteiger partial charge >= 0.3 is 0 Å². The van der Waals surface area contributed by atoms with Crippen molar-refractivity contribution < 1.29 is 9.53 Å². The number of amides is 1. The van der Waals surface area contributed by atoms with Crippen molar-refractivity contribution in [1.29, 1.82) is 0 Å². The summed E-state index contributed by atoms with van der Waals surface area (Å²) in [5.41, 5.74) is 1.33. The third-order valence-electron chi connectivity index (χ3n) is 3.56. The van der Waals surface area contributed by atoms with Crippen molar-refractivity contribution in [2.24, 2.45) is 0 Å². The Morgan fingerprint density at radius 1 is 1.24 bits per heavy atom. The molecule has 0 fully saturated rings. The van der Waals surface area contributed by atoms with Gasteiger partial charge in [0.15, 0.2) is 0 Å². The molecule has 0 aliphatic carbocycles. The predicted molar refractivity (Wildman–Crippen MR) is 82.1 cm³/mol. The maximum absolute atomic E-state index is 12.4. The van der Waals surface area contributed by atoms with Crippen LogP contribution in [0.5, 0.6) is 5.75 Å². The van der Waals surface area contributed by atoms with E-state index in [4.69, 9.17) is 4.74 Å². The average molecular weight is 284 g/mol. The Bertz CT molecular complexity index is 592. The van der Waals surface area contributed by atoms with Crippen molar-refractivity contribution in [2.75, 3.05) is 7.11 Å². The van der Waals surface area contributed by atoms with Gasteiger partial charge in [-0.05, 0) is 43.2 Å². The molecule has 21 heavy (non-hydrogen) atoms. The highest BCUT2D eigenvalue weighted by Gasteiger charge is 2.29. The zero-order chi connectivity index (χ0) is 15.3. The number of rotatable bonds is 5. The molecular weight excluding hydrogens is 264 g/mol. The van der Waals surface area contributed by atoms with Gasteiger partial charge in [0.2, 0.25) is 5.91 Å². The number of nitrogens with zero attached hydrogens (tertiary/aromatic N) is 1. The molecule has 1 heterocycles. The molecule has 0 bridgehead atoms. The Morgan fingerprint density at radius 2 is 1.95 bits per heavy atom. The molecule has 1 aromatic heterocycles. The van der Waals surface area contributed by atoms with E-state index in [9.17, 15) is 4.79 Å². The Labute approximate surface area is 125 Å². The van der Waals surface area contributed by atoms with Crippen LogP contribution in [0.2, 0.25) is 0 Å². The van der Waals surface area contributed by atoms with Gasteiger partial charge in [0, 0.05) is 18.9 Å². The largest absolute Gasteiger partial charge is 0.497 e. The summed E-state index contributed by atoms with van der Waals surface area (Å²) in [6, 6.07) is 11.4. The van der Waals surface area contributed by atoms with Crippen molar-refractivity contribution in [2.45, 2.75) is 25.8 Å². The first-order valence-electron chi connectivity index (χ1n) is 6.86. The molecule has 4 heteroatoms. The van der Waals surface area contributed by atoms with Crippen LogP contribution in [0.15, 0.2) is 48.8 Å². The number of carbonyl (C=O) groups excluding carboxylic acids is 1. The van der Waals surface area contributed by atoms with Crippen LogP contribution in [-0.2, 0) is 16.8 Å². The minimum atomic E-state index is -0.603. The van der Waals surface area contributed by atoms with Crippen molar-refractivity contribution in [3.63, 3.8) is 0 Å². The minimum absolute atomic E-state index is 0.0171. The lowest BCUT2D eigenvalue weighted by Gasteiger charge is -2.24. The molecule has 1 aromatic carbocycles. The third kappa shape index (κ3) is 3.60. The Balaban J connectivity index is 2.05. The fourth-order valence-electron chi connectivity index (χ4n) is 2.04. The fraction of sp³-hybridized carbons (Fsp3) is 0.294. The molecule has 2 aromatic rings. The highest BCUT2D eigenvalue weighted by Crippen LogP contribution is 2.25. The number of ether oxygens (including phenoxy) is 1. The standard InChI is InChI=1S/C17H20N2O2/c1-17(2,14-6-8-15(21-3)9-7-14)16(20)19-12-13-5-4-10-18-11-13/h4-11H,12H2,1-3H3,(H,19,20). The molecule has 0 radical (unpaired) electrons. The maximum Gasteiger partial charge on any atom is 0.230 e. The quantitative estimate of drug-likeness (QED) is 0.918. The van der Waals surface area contributed by atoms with Crippen molar-refractivity contribution in [3.8, 4) is 5.75 Å². The second-order valence-corrected chi connectivity index (χ2v) is 5.40. The molecule has 0 unspecified atom stereocenters. The highest BCUT2D eigenvalue weighted by atomic mass is 16.5. The number of benzene rings is 1. The van der Waals surface area contributed by atoms with Crippen molar-refractivity contribution >= 4 is 5.91 Å². The summed E-state index contributed by atoms with van der Waals surface area (Å²) in [5, 5.41) is 2.96. The monoisotopic (exact) mass is 284 g/mol. The second-order valence-electron chi connectivity index (χ2n) is 5.40. The summed E-state index contributed by atoms with van der Waals surface area (Å²) < 4.78 is 5.14. The SMILES string of the molecule is COc1ccc(C(C)(C)C(=O)NCc2cccnc2)cc1. The summed E-state index contributed by atoms with van der Waals surface area (Å²) in [6.07, 6.45) is 3.47. The molecule has 4 nitrogen and oxygen atoms in total. The first-order valence-corrected chi connectivity index (χ1v) is 6.86. The van der Waals surface area contributed by atoms with Crippen molar-refractivity contribution in [1.82, 2.24) is 10.3 Å². The first kappa shape index (κ1) is 15.0. The van der Waals surface area contributed by atoms with Crippen LogP contribution in [0.1, 0.15) is 25.0 Å². The Kier molecular flexibility index (Phi) is 4.58. The molecule has 1 amide bonds. The number of aromatic nitrogens is 1. The molecule has 1 N–H and O–H groups in total. The summed E-state index contributed by atoms with van der Waals surface area (Å²) in [4.78, 5) is 16.5. The molecule has 0 atom stereocenters. The second kappa shape index (κ2) is 6.39. The molecule has 0 aliphatic rings. The van der Waals surface area contributed by atoms with E-state index >= 15 is 0 Å². The van der Waals surface area contributed by atoms with E-state index in [1.54, 1.807) is 19.5 Å². The van der Waals surface area contributed by atoms with Crippen molar-refractivity contribution in [3.05, 3.63) is 59.9 Å². The molecule has 0 saturated carbocycles. The fourth-order valence-corrected chi connectivity index (χ4v) is 2.04. The van der Waals surface area contributed by atoms with E-state index in [1.807, 2.05) is 50.2 Å². The van der Waals surface area contributed by atoms with Gasteiger partial charge in [0.05, 0.1) is 12.5 Å². The molecule has 2 rings (SSSR count). The van der Waals surface area contributed by atoms with Crippen LogP contribution < -0.4 is 10.1 Å². The minimum Gasteiger partial charge on any atom is -0.497 e. The Morgan fingerprint density at radius 3 is 2.52 bits per heavy atom. The van der Waals surface area contributed by atoms with Gasteiger partial charge in [0.25, 0.3) is 0 Å². The van der Waals surface area contributed by atoms with Crippen LogP contribution in [-0.4, -0.2) is 18.0 Å². The van der Waals surface area contributed by atoms with Gasteiger partial charge in [-0.1, -0.05) is 18.2 Å². The first-order chi connectivity index (χ1) is 10.0. The summed E-state index contributed by atoms with van der Waals surface area (Å²) in [5.74, 6) is 0.766. The van der Waals surface area contributed by atoms with E-state index in [0.29, 0.717) is 6.54 Å². The molecule has 0 saturated heterocycles. The maximum atomic E-state index is 12.4. The van der Waals surface area contributed by atoms with Gasteiger partial charge in [-0.15, -0.1) is 0 Å². The summed E-state index contributed by atoms with van der Waals surface area (Å²) in [7, 11) is 1.63. The van der Waals surface area contributed by atoms with Gasteiger partial charge in [-0.3, -0.25) is 9.78 Å². The van der Waals surface area contributed by atoms with Crippen LogP contribution >= 0.6 is 0 Å². The average Bonchev–Trinajstić information content (AvgIpc) is 2.53.